The summed E-state index contributed by atoms with van der Waals surface area (Å²) >= 11 is 0. The molecule has 0 aliphatic heterocycles. The summed E-state index contributed by atoms with van der Waals surface area (Å²) in [6.07, 6.45) is 2.12. The molecule has 0 aliphatic rings. The summed E-state index contributed by atoms with van der Waals surface area (Å²) in [7, 11) is -1.77. The van der Waals surface area contributed by atoms with Gasteiger partial charge in [0.2, 0.25) is 0 Å². The van der Waals surface area contributed by atoms with E-state index in [1.165, 1.54) is 18.1 Å². The van der Waals surface area contributed by atoms with Crippen molar-refractivity contribution >= 4 is 8.32 Å². The summed E-state index contributed by atoms with van der Waals surface area (Å²) in [5.74, 6) is 9.48. The van der Waals surface area contributed by atoms with Crippen LogP contribution < -0.4 is 0 Å². The summed E-state index contributed by atoms with van der Waals surface area (Å²) in [5, 5.41) is 0. The highest BCUT2D eigenvalue weighted by Crippen LogP contribution is 2.35. The molecule has 0 aromatic heterocycles. The van der Waals surface area contributed by atoms with Crippen molar-refractivity contribution in [2.24, 2.45) is 23.7 Å². The van der Waals surface area contributed by atoms with Gasteiger partial charge < -0.3 is 4.43 Å². The third-order valence-corrected chi connectivity index (χ3v) is 9.32. The van der Waals surface area contributed by atoms with Crippen LogP contribution in [0.15, 0.2) is 0 Å². The van der Waals surface area contributed by atoms with Crippen LogP contribution in [-0.4, -0.2) is 14.4 Å². The molecule has 0 heterocycles. The maximum Gasteiger partial charge on any atom is 0.195 e. The lowest BCUT2D eigenvalue weighted by molar-refractivity contribution is 0.205. The Balaban J connectivity index is 5.46. The maximum absolute atomic E-state index is 6.95. The van der Waals surface area contributed by atoms with Crippen molar-refractivity contribution < 1.29 is 4.43 Å². The van der Waals surface area contributed by atoms with Gasteiger partial charge in [-0.3, -0.25) is 0 Å². The fourth-order valence-corrected chi connectivity index (χ4v) is 9.72. The predicted molar refractivity (Wildman–Crippen MR) is 107 cm³/mol. The molecule has 0 spiro atoms. The van der Waals surface area contributed by atoms with Crippen LogP contribution in [0, 0.1) is 35.5 Å². The molecule has 0 aromatic rings. The zero-order valence-electron chi connectivity index (χ0n) is 17.3. The van der Waals surface area contributed by atoms with Gasteiger partial charge in [0.25, 0.3) is 0 Å². The molecule has 0 aromatic carbocycles. The summed E-state index contributed by atoms with van der Waals surface area (Å²) in [5.41, 5.74) is 0. The topological polar surface area (TPSA) is 9.23 Å². The van der Waals surface area contributed by atoms with Gasteiger partial charge in [0.05, 0.1) is 0 Å². The maximum atomic E-state index is 6.95. The largest absolute Gasteiger partial charge is 0.403 e. The average Bonchev–Trinajstić information content (AvgIpc) is 2.31. The minimum absolute atomic E-state index is 0.137. The van der Waals surface area contributed by atoms with E-state index in [0.717, 1.165) is 12.8 Å². The summed E-state index contributed by atoms with van der Waals surface area (Å²) in [6, 6.07) is 3.81. The summed E-state index contributed by atoms with van der Waals surface area (Å²) in [6.45, 7) is 20.8. The minimum atomic E-state index is -1.77. The van der Waals surface area contributed by atoms with E-state index in [2.05, 4.69) is 74.2 Å². The van der Waals surface area contributed by atoms with E-state index in [1.54, 1.807) is 0 Å². The number of hydrogen-bond acceptors (Lipinski definition) is 1. The molecule has 0 bridgehead atoms. The first-order valence-electron chi connectivity index (χ1n) is 9.76. The van der Waals surface area contributed by atoms with E-state index in [0.29, 0.717) is 23.7 Å². The Hall–Kier alpha value is -0.263. The Bertz CT molecular complexity index is 333. The first-order valence-corrected chi connectivity index (χ1v) is 12.3. The van der Waals surface area contributed by atoms with E-state index in [1.807, 2.05) is 0 Å². The van der Waals surface area contributed by atoms with E-state index >= 15 is 0 Å². The van der Waals surface area contributed by atoms with E-state index < -0.39 is 8.32 Å². The molecule has 0 aliphatic carbocycles. The molecule has 0 N–H and O–H groups in total. The lowest BCUT2D eigenvalue weighted by atomic mass is 10.1. The van der Waals surface area contributed by atoms with Gasteiger partial charge in [0, 0.05) is 6.42 Å². The molecule has 1 unspecified atom stereocenters. The van der Waals surface area contributed by atoms with Crippen molar-refractivity contribution in [2.45, 2.75) is 99.4 Å². The second kappa shape index (κ2) is 11.3. The third-order valence-electron chi connectivity index (χ3n) is 3.86. The molecule has 136 valence electrons. The second-order valence-corrected chi connectivity index (χ2v) is 12.7. The average molecular weight is 339 g/mol. The Kier molecular flexibility index (Phi) is 11.2. The SMILES string of the molecule is CCC#CC(CC(C)C)O[Si](CC(C)C)(CC(C)C)CC(C)C. The van der Waals surface area contributed by atoms with Gasteiger partial charge in [-0.2, -0.15) is 0 Å². The van der Waals surface area contributed by atoms with E-state index in [4.69, 9.17) is 4.43 Å². The van der Waals surface area contributed by atoms with E-state index in [-0.39, 0.29) is 6.10 Å². The van der Waals surface area contributed by atoms with Gasteiger partial charge in [0.1, 0.15) is 6.10 Å². The van der Waals surface area contributed by atoms with Crippen LogP contribution in [-0.2, 0) is 4.43 Å². The molecule has 2 heteroatoms. The van der Waals surface area contributed by atoms with Crippen LogP contribution in [0.3, 0.4) is 0 Å². The fourth-order valence-electron chi connectivity index (χ4n) is 3.71. The van der Waals surface area contributed by atoms with Gasteiger partial charge >= 0.3 is 0 Å². The van der Waals surface area contributed by atoms with Crippen LogP contribution in [0.25, 0.3) is 0 Å². The molecule has 0 radical (unpaired) electrons. The first kappa shape index (κ1) is 22.7. The van der Waals surface area contributed by atoms with Crippen LogP contribution >= 0.6 is 0 Å². The summed E-state index contributed by atoms with van der Waals surface area (Å²) < 4.78 is 6.95. The molecule has 1 nitrogen and oxygen atoms in total. The van der Waals surface area contributed by atoms with Crippen molar-refractivity contribution in [1.29, 1.82) is 0 Å². The van der Waals surface area contributed by atoms with Crippen molar-refractivity contribution in [3.63, 3.8) is 0 Å². The number of hydrogen-bond donors (Lipinski definition) is 0. The number of rotatable bonds is 10. The molecular formula is C21H42OSi. The Morgan fingerprint density at radius 3 is 1.48 bits per heavy atom. The predicted octanol–water partition coefficient (Wildman–Crippen LogP) is 6.74. The van der Waals surface area contributed by atoms with Gasteiger partial charge in [0.15, 0.2) is 8.32 Å². The smallest absolute Gasteiger partial charge is 0.195 e. The molecule has 23 heavy (non-hydrogen) atoms. The summed E-state index contributed by atoms with van der Waals surface area (Å²) in [4.78, 5) is 0. The zero-order valence-corrected chi connectivity index (χ0v) is 18.3. The highest BCUT2D eigenvalue weighted by atomic mass is 28.4. The lowest BCUT2D eigenvalue weighted by Gasteiger charge is -2.38. The fraction of sp³-hybridized carbons (Fsp3) is 0.905. The van der Waals surface area contributed by atoms with Crippen molar-refractivity contribution in [3.05, 3.63) is 0 Å². The molecule has 0 saturated heterocycles. The van der Waals surface area contributed by atoms with E-state index in [9.17, 15) is 0 Å². The normalized spacial score (nSPS) is 13.8. The lowest BCUT2D eigenvalue weighted by Crippen LogP contribution is -2.45. The Morgan fingerprint density at radius 2 is 1.17 bits per heavy atom. The highest BCUT2D eigenvalue weighted by molar-refractivity contribution is 6.74. The second-order valence-electron chi connectivity index (χ2n) is 8.89. The van der Waals surface area contributed by atoms with Gasteiger partial charge in [-0.15, -0.1) is 5.92 Å². The Labute approximate surface area is 148 Å². The van der Waals surface area contributed by atoms with Crippen molar-refractivity contribution in [2.75, 3.05) is 0 Å². The molecule has 0 rings (SSSR count). The van der Waals surface area contributed by atoms with Gasteiger partial charge in [-0.1, -0.05) is 68.2 Å². The van der Waals surface area contributed by atoms with Crippen molar-refractivity contribution in [3.8, 4) is 11.8 Å². The minimum Gasteiger partial charge on any atom is -0.403 e. The van der Waals surface area contributed by atoms with Crippen molar-refractivity contribution in [1.82, 2.24) is 0 Å². The molecule has 0 saturated carbocycles. The van der Waals surface area contributed by atoms with Crippen LogP contribution in [0.2, 0.25) is 18.1 Å². The van der Waals surface area contributed by atoms with Gasteiger partial charge in [-0.05, 0) is 48.2 Å². The standard InChI is InChI=1S/C21H42OSi/c1-10-11-12-21(13-17(2)3)22-23(14-18(4)5,15-19(6)7)16-20(8)9/h17-21H,10,13-16H2,1-9H3. The van der Waals surface area contributed by atoms with Gasteiger partial charge in [-0.25, -0.2) is 0 Å². The highest BCUT2D eigenvalue weighted by Gasteiger charge is 2.39. The molecule has 0 amide bonds. The third kappa shape index (κ3) is 11.0. The molecular weight excluding hydrogens is 296 g/mol. The quantitative estimate of drug-likeness (QED) is 0.316. The molecule has 0 fully saturated rings. The van der Waals surface area contributed by atoms with Crippen LogP contribution in [0.4, 0.5) is 0 Å². The van der Waals surface area contributed by atoms with Crippen LogP contribution in [0.5, 0.6) is 0 Å². The monoisotopic (exact) mass is 338 g/mol. The van der Waals surface area contributed by atoms with Crippen LogP contribution in [0.1, 0.15) is 75.2 Å². The first-order chi connectivity index (χ1) is 10.6. The zero-order chi connectivity index (χ0) is 18.0. The Morgan fingerprint density at radius 1 is 0.739 bits per heavy atom. The molecule has 1 atom stereocenters.